The zero-order chi connectivity index (χ0) is 15.1. The third kappa shape index (κ3) is 4.35. The summed E-state index contributed by atoms with van der Waals surface area (Å²) in [7, 11) is 3.32. The van der Waals surface area contributed by atoms with Gasteiger partial charge in [0.05, 0.1) is 14.2 Å². The van der Waals surface area contributed by atoms with E-state index in [-0.39, 0.29) is 12.0 Å². The van der Waals surface area contributed by atoms with Gasteiger partial charge in [0, 0.05) is 31.2 Å². The van der Waals surface area contributed by atoms with E-state index in [1.807, 2.05) is 18.2 Å². The van der Waals surface area contributed by atoms with Crippen molar-refractivity contribution in [1.82, 2.24) is 5.32 Å². The minimum Gasteiger partial charge on any atom is -0.497 e. The molecule has 4 heteroatoms. The van der Waals surface area contributed by atoms with Crippen molar-refractivity contribution in [3.05, 3.63) is 23.8 Å². The Hall–Kier alpha value is -1.26. The number of ether oxygens (including phenoxy) is 2. The van der Waals surface area contributed by atoms with Crippen LogP contribution in [-0.4, -0.2) is 32.5 Å². The molecule has 0 bridgehead atoms. The number of benzene rings is 1. The van der Waals surface area contributed by atoms with Gasteiger partial charge in [-0.2, -0.15) is 0 Å². The second-order valence-corrected chi connectivity index (χ2v) is 6.04. The Labute approximate surface area is 127 Å². The fourth-order valence-electron chi connectivity index (χ4n) is 3.13. The van der Waals surface area contributed by atoms with Gasteiger partial charge in [0.2, 0.25) is 0 Å². The van der Waals surface area contributed by atoms with Crippen LogP contribution in [0.1, 0.15) is 37.7 Å². The van der Waals surface area contributed by atoms with Gasteiger partial charge >= 0.3 is 0 Å². The predicted octanol–water partition coefficient (Wildman–Crippen LogP) is 2.74. The van der Waals surface area contributed by atoms with Crippen molar-refractivity contribution in [3.63, 3.8) is 0 Å². The lowest BCUT2D eigenvalue weighted by molar-refractivity contribution is 0.0810. The average molecular weight is 293 g/mol. The number of rotatable bonds is 7. The number of hydrogen-bond donors (Lipinski definition) is 2. The molecule has 0 amide bonds. The molecule has 0 radical (unpaired) electrons. The van der Waals surface area contributed by atoms with Crippen LogP contribution in [0.3, 0.4) is 0 Å². The summed E-state index contributed by atoms with van der Waals surface area (Å²) >= 11 is 0. The minimum absolute atomic E-state index is 0.0706. The van der Waals surface area contributed by atoms with Gasteiger partial charge in [-0.05, 0) is 30.5 Å². The maximum absolute atomic E-state index is 9.72. The van der Waals surface area contributed by atoms with E-state index >= 15 is 0 Å². The Morgan fingerprint density at radius 1 is 1.05 bits per heavy atom. The minimum atomic E-state index is 0.0706. The molecule has 1 aromatic carbocycles. The molecular weight excluding hydrogens is 266 g/mol. The number of hydrogen-bond acceptors (Lipinski definition) is 4. The molecular formula is C17H27NO3. The maximum Gasteiger partial charge on any atom is 0.122 e. The summed E-state index contributed by atoms with van der Waals surface area (Å²) in [5, 5.41) is 13.2. The van der Waals surface area contributed by atoms with E-state index in [9.17, 15) is 5.11 Å². The van der Waals surface area contributed by atoms with Gasteiger partial charge in [-0.15, -0.1) is 0 Å². The highest BCUT2D eigenvalue weighted by Gasteiger charge is 2.30. The Bertz CT molecular complexity index is 419. The van der Waals surface area contributed by atoms with E-state index in [4.69, 9.17) is 9.47 Å². The molecule has 0 aliphatic heterocycles. The summed E-state index contributed by atoms with van der Waals surface area (Å²) in [6, 6.07) is 5.91. The van der Waals surface area contributed by atoms with Crippen LogP contribution in [0, 0.1) is 5.41 Å². The lowest BCUT2D eigenvalue weighted by atomic mass is 9.74. The van der Waals surface area contributed by atoms with Gasteiger partial charge < -0.3 is 19.9 Å². The summed E-state index contributed by atoms with van der Waals surface area (Å²) in [6.07, 6.45) is 6.01. The second-order valence-electron chi connectivity index (χ2n) is 6.04. The number of aliphatic hydroxyl groups is 1. The lowest BCUT2D eigenvalue weighted by Crippen LogP contribution is -2.38. The Kier molecular flexibility index (Phi) is 5.88. The molecule has 1 saturated carbocycles. The third-order valence-corrected chi connectivity index (χ3v) is 4.49. The second kappa shape index (κ2) is 7.66. The fraction of sp³-hybridized carbons (Fsp3) is 0.647. The van der Waals surface area contributed by atoms with Crippen LogP contribution in [0.25, 0.3) is 0 Å². The van der Waals surface area contributed by atoms with Crippen molar-refractivity contribution in [2.24, 2.45) is 5.41 Å². The predicted molar refractivity (Wildman–Crippen MR) is 83.9 cm³/mol. The van der Waals surface area contributed by atoms with Gasteiger partial charge in [0.25, 0.3) is 0 Å². The molecule has 2 rings (SSSR count). The maximum atomic E-state index is 9.72. The van der Waals surface area contributed by atoms with E-state index in [1.165, 1.54) is 19.3 Å². The van der Waals surface area contributed by atoms with Crippen LogP contribution in [-0.2, 0) is 6.54 Å². The molecule has 1 aliphatic carbocycles. The van der Waals surface area contributed by atoms with Crippen molar-refractivity contribution in [3.8, 4) is 11.5 Å². The highest BCUT2D eigenvalue weighted by atomic mass is 16.5. The Balaban J connectivity index is 1.93. The van der Waals surface area contributed by atoms with Crippen LogP contribution in [0.4, 0.5) is 0 Å². The van der Waals surface area contributed by atoms with Crippen molar-refractivity contribution >= 4 is 0 Å². The largest absolute Gasteiger partial charge is 0.497 e. The van der Waals surface area contributed by atoms with Crippen molar-refractivity contribution in [1.29, 1.82) is 0 Å². The molecule has 2 N–H and O–H groups in total. The first-order valence-electron chi connectivity index (χ1n) is 7.75. The smallest absolute Gasteiger partial charge is 0.122 e. The SMILES string of the molecule is COc1cc(CNCC2(CO)CCCCC2)cc(OC)c1. The molecule has 21 heavy (non-hydrogen) atoms. The number of nitrogens with one attached hydrogen (secondary N) is 1. The molecule has 1 aromatic rings. The molecule has 0 unspecified atom stereocenters. The Morgan fingerprint density at radius 2 is 1.67 bits per heavy atom. The average Bonchev–Trinajstić information content (AvgIpc) is 2.55. The molecule has 0 spiro atoms. The first kappa shape index (κ1) is 16.1. The summed E-state index contributed by atoms with van der Waals surface area (Å²) < 4.78 is 10.6. The molecule has 1 fully saturated rings. The summed E-state index contributed by atoms with van der Waals surface area (Å²) in [4.78, 5) is 0. The summed E-state index contributed by atoms with van der Waals surface area (Å²) in [5.41, 5.74) is 1.20. The van der Waals surface area contributed by atoms with Crippen molar-refractivity contribution < 1.29 is 14.6 Å². The van der Waals surface area contributed by atoms with Crippen LogP contribution >= 0.6 is 0 Å². The number of methoxy groups -OCH3 is 2. The molecule has 0 aromatic heterocycles. The Morgan fingerprint density at radius 3 is 2.19 bits per heavy atom. The van der Waals surface area contributed by atoms with Gasteiger partial charge in [-0.25, -0.2) is 0 Å². The fourth-order valence-corrected chi connectivity index (χ4v) is 3.13. The van der Waals surface area contributed by atoms with Gasteiger partial charge in [-0.3, -0.25) is 0 Å². The van der Waals surface area contributed by atoms with E-state index in [0.717, 1.165) is 43.0 Å². The van der Waals surface area contributed by atoms with E-state index in [0.29, 0.717) is 0 Å². The zero-order valence-electron chi connectivity index (χ0n) is 13.2. The van der Waals surface area contributed by atoms with Gasteiger partial charge in [0.1, 0.15) is 11.5 Å². The first-order chi connectivity index (χ1) is 10.2. The van der Waals surface area contributed by atoms with Crippen molar-refractivity contribution in [2.45, 2.75) is 38.6 Å². The quantitative estimate of drug-likeness (QED) is 0.811. The molecule has 4 nitrogen and oxygen atoms in total. The van der Waals surface area contributed by atoms with Crippen LogP contribution in [0.5, 0.6) is 11.5 Å². The van der Waals surface area contributed by atoms with Crippen molar-refractivity contribution in [2.75, 3.05) is 27.4 Å². The summed E-state index contributed by atoms with van der Waals surface area (Å²) in [5.74, 6) is 1.61. The highest BCUT2D eigenvalue weighted by molar-refractivity contribution is 5.38. The molecule has 118 valence electrons. The molecule has 1 aliphatic rings. The topological polar surface area (TPSA) is 50.7 Å². The van der Waals surface area contributed by atoms with Crippen LogP contribution in [0.2, 0.25) is 0 Å². The zero-order valence-corrected chi connectivity index (χ0v) is 13.2. The van der Waals surface area contributed by atoms with Crippen LogP contribution < -0.4 is 14.8 Å². The highest BCUT2D eigenvalue weighted by Crippen LogP contribution is 2.35. The number of aliphatic hydroxyl groups excluding tert-OH is 1. The van der Waals surface area contributed by atoms with Crippen LogP contribution in [0.15, 0.2) is 18.2 Å². The van der Waals surface area contributed by atoms with E-state index < -0.39 is 0 Å². The summed E-state index contributed by atoms with van der Waals surface area (Å²) in [6.45, 7) is 1.90. The standard InChI is InChI=1S/C17H27NO3/c1-20-15-8-14(9-16(10-15)21-2)11-18-12-17(13-19)6-4-3-5-7-17/h8-10,18-19H,3-7,11-13H2,1-2H3. The molecule has 0 atom stereocenters. The lowest BCUT2D eigenvalue weighted by Gasteiger charge is -2.35. The molecule has 0 heterocycles. The van der Waals surface area contributed by atoms with E-state index in [2.05, 4.69) is 5.32 Å². The first-order valence-corrected chi connectivity index (χ1v) is 7.75. The normalized spacial score (nSPS) is 17.5. The van der Waals surface area contributed by atoms with E-state index in [1.54, 1.807) is 14.2 Å². The molecule has 0 saturated heterocycles. The van der Waals surface area contributed by atoms with Gasteiger partial charge in [0.15, 0.2) is 0 Å². The monoisotopic (exact) mass is 293 g/mol. The third-order valence-electron chi connectivity index (χ3n) is 4.49. The van der Waals surface area contributed by atoms with Gasteiger partial charge in [-0.1, -0.05) is 19.3 Å².